The molecule has 0 aliphatic rings. The predicted molar refractivity (Wildman–Crippen MR) is 88.4 cm³/mol. The van der Waals surface area contributed by atoms with Crippen molar-refractivity contribution in [3.8, 4) is 0 Å². The zero-order chi connectivity index (χ0) is 13.9. The van der Waals surface area contributed by atoms with Crippen molar-refractivity contribution in [3.05, 3.63) is 46.9 Å². The number of hydrogen-bond acceptors (Lipinski definition) is 5. The molecule has 3 aromatic rings. The maximum absolute atomic E-state index is 5.35. The molecule has 112 valence electrons. The van der Waals surface area contributed by atoms with Crippen molar-refractivity contribution in [1.29, 1.82) is 0 Å². The highest BCUT2D eigenvalue weighted by Gasteiger charge is 2.12. The lowest BCUT2D eigenvalue weighted by atomic mass is 10.1. The van der Waals surface area contributed by atoms with Crippen LogP contribution in [0, 0.1) is 0 Å². The van der Waals surface area contributed by atoms with Crippen LogP contribution in [0.25, 0.3) is 10.1 Å². The van der Waals surface area contributed by atoms with Crippen LogP contribution in [0.3, 0.4) is 0 Å². The van der Waals surface area contributed by atoms with Crippen LogP contribution in [0.5, 0.6) is 0 Å². The second-order valence-electron chi connectivity index (χ2n) is 4.93. The van der Waals surface area contributed by atoms with Crippen molar-refractivity contribution >= 4 is 33.8 Å². The molecule has 0 saturated carbocycles. The topological polar surface area (TPSA) is 51.0 Å². The van der Waals surface area contributed by atoms with Gasteiger partial charge in [-0.05, 0) is 36.4 Å². The Balaban J connectivity index is 0.00000161. The number of nitrogens with zero attached hydrogens (tertiary/aromatic N) is 2. The number of likely N-dealkylation sites (N-methyl/N-ethyl adjacent to an activating group) is 1. The first-order valence-electron chi connectivity index (χ1n) is 6.70. The third-order valence-corrected chi connectivity index (χ3v) is 4.41. The van der Waals surface area contributed by atoms with Gasteiger partial charge in [-0.1, -0.05) is 23.4 Å². The molecule has 6 heteroatoms. The summed E-state index contributed by atoms with van der Waals surface area (Å²) in [6.07, 6.45) is 1.48. The molecular formula is C15H18ClN3OS. The van der Waals surface area contributed by atoms with Crippen LogP contribution in [0.15, 0.2) is 34.2 Å². The third kappa shape index (κ3) is 3.61. The highest BCUT2D eigenvalue weighted by atomic mass is 35.5. The summed E-state index contributed by atoms with van der Waals surface area (Å²) in [5.74, 6) is 1.45. The second-order valence-corrected chi connectivity index (χ2v) is 5.84. The zero-order valence-corrected chi connectivity index (χ0v) is 13.6. The summed E-state index contributed by atoms with van der Waals surface area (Å²) in [5.41, 5.74) is 1.25. The summed E-state index contributed by atoms with van der Waals surface area (Å²) in [7, 11) is 1.93. The predicted octanol–water partition coefficient (Wildman–Crippen LogP) is 3.45. The molecule has 0 aliphatic carbocycles. The van der Waals surface area contributed by atoms with E-state index < -0.39 is 0 Å². The highest BCUT2D eigenvalue weighted by Crippen LogP contribution is 2.27. The van der Waals surface area contributed by atoms with E-state index in [-0.39, 0.29) is 12.4 Å². The van der Waals surface area contributed by atoms with E-state index in [0.29, 0.717) is 18.4 Å². The normalized spacial score (nSPS) is 12.3. The van der Waals surface area contributed by atoms with Gasteiger partial charge in [-0.3, -0.25) is 0 Å². The molecule has 0 amide bonds. The van der Waals surface area contributed by atoms with Crippen LogP contribution < -0.4 is 5.32 Å². The van der Waals surface area contributed by atoms with Crippen LogP contribution >= 0.6 is 23.7 Å². The number of benzene rings is 1. The van der Waals surface area contributed by atoms with Crippen LogP contribution in [0.1, 0.15) is 24.2 Å². The summed E-state index contributed by atoms with van der Waals surface area (Å²) in [6.45, 7) is 2.10. The molecule has 0 radical (unpaired) electrons. The molecule has 2 heterocycles. The monoisotopic (exact) mass is 323 g/mol. The van der Waals surface area contributed by atoms with Crippen molar-refractivity contribution in [2.75, 3.05) is 7.05 Å². The first kappa shape index (κ1) is 15.9. The molecule has 0 saturated heterocycles. The van der Waals surface area contributed by atoms with E-state index in [0.717, 1.165) is 12.2 Å². The maximum Gasteiger partial charge on any atom is 0.231 e. The van der Waals surface area contributed by atoms with Crippen molar-refractivity contribution < 1.29 is 4.52 Å². The summed E-state index contributed by atoms with van der Waals surface area (Å²) in [6, 6.07) is 8.75. The highest BCUT2D eigenvalue weighted by molar-refractivity contribution is 7.17. The van der Waals surface area contributed by atoms with Crippen LogP contribution in [-0.2, 0) is 12.8 Å². The Morgan fingerprint density at radius 3 is 2.95 bits per heavy atom. The lowest BCUT2D eigenvalue weighted by molar-refractivity contribution is 0.377. The fourth-order valence-corrected chi connectivity index (χ4v) is 3.12. The van der Waals surface area contributed by atoms with Gasteiger partial charge in [0.1, 0.15) is 0 Å². The number of aromatic nitrogens is 2. The average Bonchev–Trinajstić information content (AvgIpc) is 3.07. The zero-order valence-electron chi connectivity index (χ0n) is 12.0. The van der Waals surface area contributed by atoms with Crippen molar-refractivity contribution in [1.82, 2.24) is 15.5 Å². The molecule has 0 fully saturated rings. The minimum Gasteiger partial charge on any atom is -0.339 e. The van der Waals surface area contributed by atoms with Crippen LogP contribution in [0.2, 0.25) is 0 Å². The second kappa shape index (κ2) is 7.02. The van der Waals surface area contributed by atoms with Gasteiger partial charge in [-0.2, -0.15) is 4.98 Å². The first-order chi connectivity index (χ1) is 9.76. The van der Waals surface area contributed by atoms with Gasteiger partial charge in [0, 0.05) is 17.2 Å². The Hall–Kier alpha value is -1.43. The van der Waals surface area contributed by atoms with Gasteiger partial charge in [0.15, 0.2) is 5.82 Å². The van der Waals surface area contributed by atoms with Crippen molar-refractivity contribution in [2.24, 2.45) is 0 Å². The number of nitrogens with one attached hydrogen (secondary N) is 1. The lowest BCUT2D eigenvalue weighted by Gasteiger charge is -2.04. The Bertz CT molecular complexity index is 710. The van der Waals surface area contributed by atoms with E-state index in [1.54, 1.807) is 11.3 Å². The van der Waals surface area contributed by atoms with Gasteiger partial charge >= 0.3 is 0 Å². The molecule has 21 heavy (non-hydrogen) atoms. The smallest absolute Gasteiger partial charge is 0.231 e. The summed E-state index contributed by atoms with van der Waals surface area (Å²) >= 11 is 1.75. The molecule has 3 rings (SSSR count). The molecule has 1 unspecified atom stereocenters. The van der Waals surface area contributed by atoms with E-state index in [1.807, 2.05) is 7.05 Å². The van der Waals surface area contributed by atoms with Gasteiger partial charge in [0.2, 0.25) is 5.89 Å². The molecule has 4 nitrogen and oxygen atoms in total. The minimum absolute atomic E-state index is 0. The Kier molecular flexibility index (Phi) is 5.33. The van der Waals surface area contributed by atoms with E-state index in [9.17, 15) is 0 Å². The average molecular weight is 324 g/mol. The third-order valence-electron chi connectivity index (χ3n) is 3.39. The van der Waals surface area contributed by atoms with E-state index >= 15 is 0 Å². The Labute approximate surface area is 134 Å². The van der Waals surface area contributed by atoms with E-state index in [4.69, 9.17) is 4.52 Å². The molecular weight excluding hydrogens is 306 g/mol. The number of hydrogen-bond donors (Lipinski definition) is 1. The minimum atomic E-state index is 0. The molecule has 0 aliphatic heterocycles. The summed E-state index contributed by atoms with van der Waals surface area (Å²) in [4.78, 5) is 4.47. The van der Waals surface area contributed by atoms with Gasteiger partial charge in [0.05, 0.1) is 6.42 Å². The van der Waals surface area contributed by atoms with Gasteiger partial charge in [0.25, 0.3) is 0 Å². The Morgan fingerprint density at radius 1 is 1.33 bits per heavy atom. The molecule has 1 aromatic carbocycles. The van der Waals surface area contributed by atoms with E-state index in [2.05, 4.69) is 52.0 Å². The maximum atomic E-state index is 5.35. The Morgan fingerprint density at radius 2 is 2.14 bits per heavy atom. The van der Waals surface area contributed by atoms with Crippen LogP contribution in [-0.4, -0.2) is 23.2 Å². The van der Waals surface area contributed by atoms with E-state index in [1.165, 1.54) is 15.6 Å². The van der Waals surface area contributed by atoms with Gasteiger partial charge in [-0.15, -0.1) is 23.7 Å². The number of fused-ring (bicyclic) bond motifs is 1. The molecule has 1 N–H and O–H groups in total. The quantitative estimate of drug-likeness (QED) is 0.781. The fraction of sp³-hybridized carbons (Fsp3) is 0.333. The largest absolute Gasteiger partial charge is 0.339 e. The van der Waals surface area contributed by atoms with Gasteiger partial charge in [-0.25, -0.2) is 0 Å². The van der Waals surface area contributed by atoms with Crippen LogP contribution in [0.4, 0.5) is 0 Å². The number of rotatable bonds is 5. The van der Waals surface area contributed by atoms with Crippen molar-refractivity contribution in [2.45, 2.75) is 25.8 Å². The first-order valence-corrected chi connectivity index (χ1v) is 7.58. The fourth-order valence-electron chi connectivity index (χ4n) is 2.15. The summed E-state index contributed by atoms with van der Waals surface area (Å²) in [5, 5.41) is 10.7. The standard InChI is InChI=1S/C15H17N3OS.ClH/c1-10(16-2)7-14-17-15(19-18-14)8-11-9-20-13-6-4-3-5-12(11)13;/h3-6,9-10,16H,7-8H2,1-2H3;1H. The summed E-state index contributed by atoms with van der Waals surface area (Å²) < 4.78 is 6.65. The molecule has 0 spiro atoms. The molecule has 2 aromatic heterocycles. The van der Waals surface area contributed by atoms with Crippen molar-refractivity contribution in [3.63, 3.8) is 0 Å². The number of thiophene rings is 1. The molecule has 0 bridgehead atoms. The van der Waals surface area contributed by atoms with Gasteiger partial charge < -0.3 is 9.84 Å². The lowest BCUT2D eigenvalue weighted by Crippen LogP contribution is -2.24. The molecule has 1 atom stereocenters. The number of halogens is 1. The SMILES string of the molecule is CNC(C)Cc1noc(Cc2csc3ccccc23)n1.Cl.